The van der Waals surface area contributed by atoms with E-state index in [0.29, 0.717) is 11.5 Å². The molecule has 0 saturated carbocycles. The highest BCUT2D eigenvalue weighted by Gasteiger charge is 2.24. The van der Waals surface area contributed by atoms with E-state index in [-0.39, 0.29) is 18.6 Å². The summed E-state index contributed by atoms with van der Waals surface area (Å²) in [6, 6.07) is -0.994. The van der Waals surface area contributed by atoms with E-state index in [1.54, 1.807) is 13.8 Å². The van der Waals surface area contributed by atoms with Crippen molar-refractivity contribution in [1.82, 2.24) is 10.5 Å². The smallest absolute Gasteiger partial charge is 0.326 e. The van der Waals surface area contributed by atoms with Gasteiger partial charge in [0.25, 0.3) is 5.91 Å². The van der Waals surface area contributed by atoms with Crippen LogP contribution in [0.3, 0.4) is 0 Å². The number of nitrogens with one attached hydrogen (secondary N) is 1. The topological polar surface area (TPSA) is 102 Å². The van der Waals surface area contributed by atoms with Crippen molar-refractivity contribution in [3.8, 4) is 0 Å². The van der Waals surface area contributed by atoms with E-state index in [4.69, 9.17) is 14.4 Å². The summed E-state index contributed by atoms with van der Waals surface area (Å²) in [7, 11) is 1.47. The lowest BCUT2D eigenvalue weighted by atomic mass is 10.1. The molecular weight excluding hydrogens is 240 g/mol. The van der Waals surface area contributed by atoms with Crippen LogP contribution in [0.4, 0.5) is 0 Å². The van der Waals surface area contributed by atoms with Crippen molar-refractivity contribution in [3.63, 3.8) is 0 Å². The van der Waals surface area contributed by atoms with Gasteiger partial charge >= 0.3 is 5.97 Å². The number of hydrogen-bond acceptors (Lipinski definition) is 5. The van der Waals surface area contributed by atoms with E-state index in [2.05, 4.69) is 10.5 Å². The van der Waals surface area contributed by atoms with Gasteiger partial charge in [0.1, 0.15) is 17.4 Å². The van der Waals surface area contributed by atoms with Crippen molar-refractivity contribution >= 4 is 11.9 Å². The fraction of sp³-hybridized carbons (Fsp3) is 0.545. The average molecular weight is 256 g/mol. The van der Waals surface area contributed by atoms with Crippen molar-refractivity contribution < 1.29 is 24.0 Å². The Kier molecular flexibility index (Phi) is 4.85. The lowest BCUT2D eigenvalue weighted by molar-refractivity contribution is -0.139. The molecule has 0 radical (unpaired) electrons. The van der Waals surface area contributed by atoms with Gasteiger partial charge in [0.2, 0.25) is 0 Å². The molecule has 7 nitrogen and oxygen atoms in total. The fourth-order valence-electron chi connectivity index (χ4n) is 1.53. The quantitative estimate of drug-likeness (QED) is 0.769. The third-order valence-electron chi connectivity index (χ3n) is 2.47. The van der Waals surface area contributed by atoms with Gasteiger partial charge in [-0.05, 0) is 13.8 Å². The molecule has 0 aliphatic carbocycles. The normalized spacial score (nSPS) is 12.2. The second-order valence-electron chi connectivity index (χ2n) is 3.84. The molecule has 1 unspecified atom stereocenters. The van der Waals surface area contributed by atoms with E-state index < -0.39 is 17.9 Å². The predicted molar refractivity (Wildman–Crippen MR) is 61.4 cm³/mol. The van der Waals surface area contributed by atoms with Crippen LogP contribution < -0.4 is 5.32 Å². The molecule has 1 heterocycles. The molecule has 1 amide bonds. The number of carboxylic acid groups (broad SMARTS) is 1. The summed E-state index contributed by atoms with van der Waals surface area (Å²) in [6.07, 6.45) is 0.195. The average Bonchev–Trinajstić information content (AvgIpc) is 2.63. The number of ether oxygens (including phenoxy) is 1. The highest BCUT2D eigenvalue weighted by Crippen LogP contribution is 2.12. The molecule has 0 aliphatic rings. The number of aliphatic carboxylic acids is 1. The molecular formula is C11H16N2O5. The highest BCUT2D eigenvalue weighted by atomic mass is 16.5. The van der Waals surface area contributed by atoms with Crippen LogP contribution in [-0.4, -0.2) is 41.9 Å². The van der Waals surface area contributed by atoms with Crippen LogP contribution in [0.2, 0.25) is 0 Å². The maximum atomic E-state index is 11.9. The molecule has 0 aromatic carbocycles. The van der Waals surface area contributed by atoms with Gasteiger partial charge in [-0.25, -0.2) is 4.79 Å². The number of amides is 1. The first-order valence-corrected chi connectivity index (χ1v) is 5.42. The van der Waals surface area contributed by atoms with Crippen LogP contribution in [-0.2, 0) is 9.53 Å². The molecule has 0 aliphatic heterocycles. The minimum Gasteiger partial charge on any atom is -0.480 e. The first-order valence-electron chi connectivity index (χ1n) is 5.42. The van der Waals surface area contributed by atoms with Gasteiger partial charge in [0.15, 0.2) is 0 Å². The van der Waals surface area contributed by atoms with Crippen molar-refractivity contribution in [2.45, 2.75) is 26.3 Å². The Morgan fingerprint density at radius 3 is 2.61 bits per heavy atom. The minimum absolute atomic E-state index is 0.195. The number of carbonyl (C=O) groups excluding carboxylic acids is 1. The molecule has 7 heteroatoms. The molecule has 2 N–H and O–H groups in total. The van der Waals surface area contributed by atoms with Crippen LogP contribution in [0, 0.1) is 13.8 Å². The van der Waals surface area contributed by atoms with E-state index in [1.807, 2.05) is 0 Å². The maximum Gasteiger partial charge on any atom is 0.326 e. The highest BCUT2D eigenvalue weighted by molar-refractivity contribution is 5.98. The summed E-state index contributed by atoms with van der Waals surface area (Å²) in [5, 5.41) is 15.0. The second kappa shape index (κ2) is 6.15. The molecule has 18 heavy (non-hydrogen) atoms. The molecule has 0 fully saturated rings. The van der Waals surface area contributed by atoms with Gasteiger partial charge in [-0.1, -0.05) is 5.16 Å². The molecule has 100 valence electrons. The van der Waals surface area contributed by atoms with Gasteiger partial charge < -0.3 is 19.7 Å². The number of hydrogen-bond donors (Lipinski definition) is 2. The molecule has 1 rings (SSSR count). The van der Waals surface area contributed by atoms with Crippen molar-refractivity contribution in [2.75, 3.05) is 13.7 Å². The number of carboxylic acids is 1. The summed E-state index contributed by atoms with van der Waals surface area (Å²) in [6.45, 7) is 3.47. The van der Waals surface area contributed by atoms with Crippen molar-refractivity contribution in [3.05, 3.63) is 17.0 Å². The summed E-state index contributed by atoms with van der Waals surface area (Å²) in [4.78, 5) is 22.9. The zero-order chi connectivity index (χ0) is 13.7. The van der Waals surface area contributed by atoms with E-state index >= 15 is 0 Å². The molecule has 0 saturated heterocycles. The van der Waals surface area contributed by atoms with Gasteiger partial charge in [-0.2, -0.15) is 0 Å². The molecule has 1 atom stereocenters. The van der Waals surface area contributed by atoms with Crippen LogP contribution in [0.1, 0.15) is 28.2 Å². The lowest BCUT2D eigenvalue weighted by Gasteiger charge is -2.13. The molecule has 1 aromatic rings. The standard InChI is InChI=1S/C11H16N2O5/c1-6-9(7(2)18-13-6)10(14)12-8(11(15)16)4-5-17-3/h8H,4-5H2,1-3H3,(H,12,14)(H,15,16). The van der Waals surface area contributed by atoms with Crippen LogP contribution in [0.5, 0.6) is 0 Å². The first kappa shape index (κ1) is 14.2. The zero-order valence-electron chi connectivity index (χ0n) is 10.5. The Hall–Kier alpha value is -1.89. The maximum absolute atomic E-state index is 11.9. The third kappa shape index (κ3) is 3.30. The number of aromatic nitrogens is 1. The Morgan fingerprint density at radius 2 is 2.17 bits per heavy atom. The Morgan fingerprint density at radius 1 is 1.50 bits per heavy atom. The van der Waals surface area contributed by atoms with Crippen LogP contribution >= 0.6 is 0 Å². The van der Waals surface area contributed by atoms with E-state index in [0.717, 1.165) is 0 Å². The fourth-order valence-corrected chi connectivity index (χ4v) is 1.53. The van der Waals surface area contributed by atoms with Crippen molar-refractivity contribution in [2.24, 2.45) is 0 Å². The number of rotatable bonds is 6. The summed E-state index contributed by atoms with van der Waals surface area (Å²) < 4.78 is 9.65. The van der Waals surface area contributed by atoms with Gasteiger partial charge in [0.05, 0.1) is 5.69 Å². The predicted octanol–water partition coefficient (Wildman–Crippen LogP) is 0.511. The summed E-state index contributed by atoms with van der Waals surface area (Å²) in [5.74, 6) is -1.25. The van der Waals surface area contributed by atoms with Gasteiger partial charge in [-0.3, -0.25) is 4.79 Å². The lowest BCUT2D eigenvalue weighted by Crippen LogP contribution is -2.41. The summed E-state index contributed by atoms with van der Waals surface area (Å²) in [5.41, 5.74) is 0.708. The molecule has 0 bridgehead atoms. The van der Waals surface area contributed by atoms with Crippen LogP contribution in [0.15, 0.2) is 4.52 Å². The van der Waals surface area contributed by atoms with Gasteiger partial charge in [-0.15, -0.1) is 0 Å². The Labute approximate surface area is 104 Å². The summed E-state index contributed by atoms with van der Waals surface area (Å²) >= 11 is 0. The van der Waals surface area contributed by atoms with E-state index in [9.17, 15) is 9.59 Å². The number of carbonyl (C=O) groups is 2. The monoisotopic (exact) mass is 256 g/mol. The van der Waals surface area contributed by atoms with Crippen LogP contribution in [0.25, 0.3) is 0 Å². The minimum atomic E-state index is -1.10. The number of methoxy groups -OCH3 is 1. The third-order valence-corrected chi connectivity index (χ3v) is 2.47. The Bertz CT molecular complexity index is 421. The SMILES string of the molecule is COCCC(NC(=O)c1c(C)noc1C)C(=O)O. The van der Waals surface area contributed by atoms with E-state index in [1.165, 1.54) is 7.11 Å². The first-order chi connectivity index (χ1) is 8.47. The molecule has 1 aromatic heterocycles. The number of aryl methyl sites for hydroxylation is 2. The largest absolute Gasteiger partial charge is 0.480 e. The van der Waals surface area contributed by atoms with Gasteiger partial charge in [0, 0.05) is 20.1 Å². The zero-order valence-corrected chi connectivity index (χ0v) is 10.5. The second-order valence-corrected chi connectivity index (χ2v) is 3.84. The van der Waals surface area contributed by atoms with Crippen molar-refractivity contribution in [1.29, 1.82) is 0 Å². The Balaban J connectivity index is 2.75. The molecule has 0 spiro atoms. The number of nitrogens with zero attached hydrogens (tertiary/aromatic N) is 1.